The van der Waals surface area contributed by atoms with Gasteiger partial charge in [0.15, 0.2) is 0 Å². The van der Waals surface area contributed by atoms with Crippen LogP contribution < -0.4 is 5.32 Å². The van der Waals surface area contributed by atoms with Gasteiger partial charge in [-0.05, 0) is 12.1 Å². The lowest BCUT2D eigenvalue weighted by Crippen LogP contribution is -2.13. The molecule has 0 aliphatic rings. The molecule has 0 bridgehead atoms. The van der Waals surface area contributed by atoms with Crippen molar-refractivity contribution in [2.75, 3.05) is 0 Å². The van der Waals surface area contributed by atoms with Gasteiger partial charge < -0.3 is 5.32 Å². The van der Waals surface area contributed by atoms with E-state index in [0.29, 0.717) is 23.7 Å². The molecule has 0 fully saturated rings. The van der Waals surface area contributed by atoms with Gasteiger partial charge in [-0.2, -0.15) is 5.10 Å². The van der Waals surface area contributed by atoms with Crippen LogP contribution in [0.25, 0.3) is 0 Å². The van der Waals surface area contributed by atoms with E-state index in [0.717, 1.165) is 5.56 Å². The topological polar surface area (TPSA) is 40.7 Å². The van der Waals surface area contributed by atoms with Gasteiger partial charge >= 0.3 is 0 Å². The highest BCUT2D eigenvalue weighted by Crippen LogP contribution is 2.14. The Balaban J connectivity index is 1.90. The zero-order chi connectivity index (χ0) is 11.4. The van der Waals surface area contributed by atoms with Crippen LogP contribution in [0.2, 0.25) is 5.02 Å². The van der Waals surface area contributed by atoms with Crippen LogP contribution in [0.1, 0.15) is 11.1 Å². The summed E-state index contributed by atoms with van der Waals surface area (Å²) in [5.41, 5.74) is 1.64. The van der Waals surface area contributed by atoms with Gasteiger partial charge in [-0.1, -0.05) is 17.7 Å². The molecule has 0 saturated heterocycles. The molecule has 16 heavy (non-hydrogen) atoms. The Morgan fingerprint density at radius 3 is 2.94 bits per heavy atom. The molecule has 84 valence electrons. The zero-order valence-electron chi connectivity index (χ0n) is 8.50. The van der Waals surface area contributed by atoms with Gasteiger partial charge in [0, 0.05) is 35.4 Å². The first-order valence-corrected chi connectivity index (χ1v) is 5.26. The molecule has 0 radical (unpaired) electrons. The first-order chi connectivity index (χ1) is 7.75. The molecule has 2 N–H and O–H groups in total. The largest absolute Gasteiger partial charge is 0.308 e. The molecule has 1 aromatic carbocycles. The van der Waals surface area contributed by atoms with E-state index in [1.165, 1.54) is 6.07 Å². The fraction of sp³-hybridized carbons (Fsp3) is 0.182. The van der Waals surface area contributed by atoms with Crippen LogP contribution in [-0.4, -0.2) is 10.2 Å². The Morgan fingerprint density at radius 1 is 1.38 bits per heavy atom. The highest BCUT2D eigenvalue weighted by atomic mass is 35.5. The summed E-state index contributed by atoms with van der Waals surface area (Å²) in [5, 5.41) is 10.1. The van der Waals surface area contributed by atoms with Crippen LogP contribution in [0.5, 0.6) is 0 Å². The van der Waals surface area contributed by atoms with Gasteiger partial charge in [-0.25, -0.2) is 4.39 Å². The molecule has 0 aliphatic heterocycles. The molecular weight excluding hydrogens is 229 g/mol. The molecule has 1 heterocycles. The van der Waals surface area contributed by atoms with E-state index in [4.69, 9.17) is 11.6 Å². The highest BCUT2D eigenvalue weighted by Gasteiger charge is 2.02. The van der Waals surface area contributed by atoms with E-state index in [2.05, 4.69) is 15.5 Å². The Labute approximate surface area is 97.6 Å². The summed E-state index contributed by atoms with van der Waals surface area (Å²) in [6.07, 6.45) is 3.52. The average molecular weight is 240 g/mol. The van der Waals surface area contributed by atoms with Crippen molar-refractivity contribution in [2.24, 2.45) is 0 Å². The molecule has 1 aromatic heterocycles. The first kappa shape index (κ1) is 11.1. The van der Waals surface area contributed by atoms with Crippen LogP contribution in [-0.2, 0) is 13.1 Å². The minimum Gasteiger partial charge on any atom is -0.308 e. The van der Waals surface area contributed by atoms with Gasteiger partial charge in [0.1, 0.15) is 5.82 Å². The van der Waals surface area contributed by atoms with Crippen molar-refractivity contribution in [3.05, 3.63) is 52.6 Å². The van der Waals surface area contributed by atoms with E-state index < -0.39 is 0 Å². The smallest absolute Gasteiger partial charge is 0.129 e. The van der Waals surface area contributed by atoms with Crippen molar-refractivity contribution in [3.63, 3.8) is 0 Å². The fourth-order valence-electron chi connectivity index (χ4n) is 1.38. The summed E-state index contributed by atoms with van der Waals surface area (Å²) < 4.78 is 13.4. The molecule has 2 rings (SSSR count). The summed E-state index contributed by atoms with van der Waals surface area (Å²) in [5.74, 6) is -0.285. The number of aromatic nitrogens is 2. The fourth-order valence-corrected chi connectivity index (χ4v) is 1.54. The molecule has 2 aromatic rings. The number of rotatable bonds is 4. The number of halogens is 2. The number of aromatic amines is 1. The third kappa shape index (κ3) is 2.81. The molecule has 0 saturated carbocycles. The van der Waals surface area contributed by atoms with Crippen molar-refractivity contribution < 1.29 is 4.39 Å². The second-order valence-corrected chi connectivity index (χ2v) is 3.88. The van der Waals surface area contributed by atoms with Crippen molar-refractivity contribution in [3.8, 4) is 0 Å². The number of H-pyrrole nitrogens is 1. The van der Waals surface area contributed by atoms with Crippen LogP contribution in [0, 0.1) is 5.82 Å². The van der Waals surface area contributed by atoms with Crippen LogP contribution in [0.15, 0.2) is 30.6 Å². The lowest BCUT2D eigenvalue weighted by Gasteiger charge is -2.04. The maximum Gasteiger partial charge on any atom is 0.129 e. The monoisotopic (exact) mass is 239 g/mol. The molecule has 0 unspecified atom stereocenters. The summed E-state index contributed by atoms with van der Waals surface area (Å²) in [6.45, 7) is 1.12. The predicted molar refractivity (Wildman–Crippen MR) is 60.5 cm³/mol. The number of nitrogens with zero attached hydrogens (tertiary/aromatic N) is 1. The zero-order valence-corrected chi connectivity index (χ0v) is 9.26. The van der Waals surface area contributed by atoms with E-state index in [1.807, 2.05) is 0 Å². The molecular formula is C11H11ClFN3. The van der Waals surface area contributed by atoms with Crippen molar-refractivity contribution >= 4 is 11.6 Å². The SMILES string of the molecule is Fc1cc(Cl)ccc1CNCc1cn[nH]c1. The predicted octanol–water partition coefficient (Wildman–Crippen LogP) is 2.49. The van der Waals surface area contributed by atoms with Gasteiger partial charge in [0.2, 0.25) is 0 Å². The molecule has 0 atom stereocenters. The van der Waals surface area contributed by atoms with Crippen LogP contribution in [0.4, 0.5) is 4.39 Å². The third-order valence-electron chi connectivity index (χ3n) is 2.21. The van der Waals surface area contributed by atoms with E-state index >= 15 is 0 Å². The van der Waals surface area contributed by atoms with Gasteiger partial charge in [0.25, 0.3) is 0 Å². The second-order valence-electron chi connectivity index (χ2n) is 3.45. The Hall–Kier alpha value is -1.39. The normalized spacial score (nSPS) is 10.6. The number of benzene rings is 1. The highest BCUT2D eigenvalue weighted by molar-refractivity contribution is 6.30. The van der Waals surface area contributed by atoms with Crippen molar-refractivity contribution in [1.82, 2.24) is 15.5 Å². The molecule has 5 heteroatoms. The molecule has 3 nitrogen and oxygen atoms in total. The Kier molecular flexibility index (Phi) is 3.54. The van der Waals surface area contributed by atoms with Crippen LogP contribution >= 0.6 is 11.6 Å². The number of nitrogens with one attached hydrogen (secondary N) is 2. The maximum atomic E-state index is 13.4. The minimum absolute atomic E-state index is 0.285. The van der Waals surface area contributed by atoms with Gasteiger partial charge in [0.05, 0.1) is 6.20 Å². The average Bonchev–Trinajstić information content (AvgIpc) is 2.74. The quantitative estimate of drug-likeness (QED) is 0.861. The van der Waals surface area contributed by atoms with E-state index in [1.54, 1.807) is 24.5 Å². The van der Waals surface area contributed by atoms with Crippen LogP contribution in [0.3, 0.4) is 0 Å². The Morgan fingerprint density at radius 2 is 2.25 bits per heavy atom. The van der Waals surface area contributed by atoms with E-state index in [9.17, 15) is 4.39 Å². The third-order valence-corrected chi connectivity index (χ3v) is 2.45. The lowest BCUT2D eigenvalue weighted by atomic mass is 10.2. The summed E-state index contributed by atoms with van der Waals surface area (Å²) in [4.78, 5) is 0. The number of hydrogen-bond acceptors (Lipinski definition) is 2. The van der Waals surface area contributed by atoms with E-state index in [-0.39, 0.29) is 5.82 Å². The van der Waals surface area contributed by atoms with Gasteiger partial charge in [-0.3, -0.25) is 5.10 Å². The van der Waals surface area contributed by atoms with Crippen molar-refractivity contribution in [1.29, 1.82) is 0 Å². The lowest BCUT2D eigenvalue weighted by molar-refractivity contribution is 0.588. The summed E-state index contributed by atoms with van der Waals surface area (Å²) in [6, 6.07) is 4.68. The summed E-state index contributed by atoms with van der Waals surface area (Å²) >= 11 is 5.66. The second kappa shape index (κ2) is 5.09. The first-order valence-electron chi connectivity index (χ1n) is 4.88. The number of hydrogen-bond donors (Lipinski definition) is 2. The summed E-state index contributed by atoms with van der Waals surface area (Å²) in [7, 11) is 0. The molecule has 0 aliphatic carbocycles. The van der Waals surface area contributed by atoms with Crippen molar-refractivity contribution in [2.45, 2.75) is 13.1 Å². The Bertz CT molecular complexity index is 456. The maximum absolute atomic E-state index is 13.4. The molecule has 0 spiro atoms. The standard InChI is InChI=1S/C11H11ClFN3/c12-10-2-1-9(11(13)3-10)7-14-4-8-5-15-16-6-8/h1-3,5-6,14H,4,7H2,(H,15,16). The molecule has 0 amide bonds. The minimum atomic E-state index is -0.285. The van der Waals surface area contributed by atoms with Gasteiger partial charge in [-0.15, -0.1) is 0 Å².